The largest absolute Gasteiger partial charge is 0.465 e. The van der Waals surface area contributed by atoms with Crippen LogP contribution in [0.4, 0.5) is 16.3 Å². The molecule has 0 spiro atoms. The van der Waals surface area contributed by atoms with Crippen LogP contribution in [0.3, 0.4) is 0 Å². The zero-order chi connectivity index (χ0) is 17.2. The van der Waals surface area contributed by atoms with Crippen LogP contribution in [0, 0.1) is 5.41 Å². The number of anilines is 2. The summed E-state index contributed by atoms with van der Waals surface area (Å²) in [5, 5.41) is 14.5. The van der Waals surface area contributed by atoms with Crippen molar-refractivity contribution in [2.24, 2.45) is 5.41 Å². The molecule has 1 aromatic carbocycles. The molecule has 1 atom stereocenters. The van der Waals surface area contributed by atoms with Crippen LogP contribution in [0.25, 0.3) is 10.9 Å². The lowest BCUT2D eigenvalue weighted by molar-refractivity contribution is -0.120. The second-order valence-electron chi connectivity index (χ2n) is 6.23. The van der Waals surface area contributed by atoms with Crippen LogP contribution in [-0.2, 0) is 4.79 Å². The number of amides is 2. The van der Waals surface area contributed by atoms with Gasteiger partial charge >= 0.3 is 6.09 Å². The van der Waals surface area contributed by atoms with Gasteiger partial charge in [0.15, 0.2) is 0 Å². The standard InChI is InChI=1S/C15H19N5O3/c1-15(2,3)11(20-14(22)23)13(21)19-8-4-5-10-9(6-8)12(16)18-7-17-10/h4-7,11,20H,1-3H3,(H,19,21)(H,22,23)(H2,16,17,18). The summed E-state index contributed by atoms with van der Waals surface area (Å²) < 4.78 is 0. The van der Waals surface area contributed by atoms with E-state index in [1.165, 1.54) is 6.33 Å². The minimum atomic E-state index is -1.25. The first-order valence-electron chi connectivity index (χ1n) is 6.99. The molecular formula is C15H19N5O3. The molecule has 0 radical (unpaired) electrons. The van der Waals surface area contributed by atoms with E-state index in [1.54, 1.807) is 39.0 Å². The van der Waals surface area contributed by atoms with Crippen molar-refractivity contribution >= 4 is 34.4 Å². The van der Waals surface area contributed by atoms with Gasteiger partial charge in [-0.25, -0.2) is 14.8 Å². The van der Waals surface area contributed by atoms with Crippen molar-refractivity contribution in [2.75, 3.05) is 11.1 Å². The minimum absolute atomic E-state index is 0.308. The summed E-state index contributed by atoms with van der Waals surface area (Å²) in [6, 6.07) is 4.13. The number of nitrogens with two attached hydrogens (primary N) is 1. The van der Waals surface area contributed by atoms with Crippen molar-refractivity contribution < 1.29 is 14.7 Å². The Balaban J connectivity index is 2.27. The van der Waals surface area contributed by atoms with E-state index in [-0.39, 0.29) is 0 Å². The van der Waals surface area contributed by atoms with E-state index in [1.807, 2.05) is 0 Å². The molecule has 0 aliphatic rings. The monoisotopic (exact) mass is 317 g/mol. The van der Waals surface area contributed by atoms with Gasteiger partial charge in [-0.15, -0.1) is 0 Å². The summed E-state index contributed by atoms with van der Waals surface area (Å²) in [7, 11) is 0. The minimum Gasteiger partial charge on any atom is -0.465 e. The normalized spacial score (nSPS) is 12.7. The Bertz CT molecular complexity index is 754. The second kappa shape index (κ2) is 6.07. The lowest BCUT2D eigenvalue weighted by atomic mass is 9.86. The molecule has 2 aromatic rings. The van der Waals surface area contributed by atoms with Crippen LogP contribution < -0.4 is 16.4 Å². The van der Waals surface area contributed by atoms with Crippen molar-refractivity contribution in [1.82, 2.24) is 15.3 Å². The van der Waals surface area contributed by atoms with E-state index in [0.717, 1.165) is 0 Å². The average molecular weight is 317 g/mol. The third-order valence-electron chi connectivity index (χ3n) is 3.33. The molecule has 0 aliphatic carbocycles. The number of hydrogen-bond donors (Lipinski definition) is 4. The molecule has 0 fully saturated rings. The lowest BCUT2D eigenvalue weighted by Crippen LogP contribution is -2.51. The second-order valence-corrected chi connectivity index (χ2v) is 6.23. The summed E-state index contributed by atoms with van der Waals surface area (Å²) in [5.41, 5.74) is 6.37. The number of fused-ring (bicyclic) bond motifs is 1. The fourth-order valence-corrected chi connectivity index (χ4v) is 2.17. The smallest absolute Gasteiger partial charge is 0.405 e. The van der Waals surface area contributed by atoms with Gasteiger partial charge in [-0.05, 0) is 23.6 Å². The molecule has 23 heavy (non-hydrogen) atoms. The molecule has 0 saturated heterocycles. The Morgan fingerprint density at radius 2 is 1.96 bits per heavy atom. The highest BCUT2D eigenvalue weighted by atomic mass is 16.4. The predicted molar refractivity (Wildman–Crippen MR) is 87.0 cm³/mol. The van der Waals surface area contributed by atoms with Gasteiger partial charge in [0.25, 0.3) is 0 Å². The van der Waals surface area contributed by atoms with E-state index in [4.69, 9.17) is 10.8 Å². The number of nitrogens with one attached hydrogen (secondary N) is 2. The van der Waals surface area contributed by atoms with Crippen LogP contribution in [-0.4, -0.2) is 33.1 Å². The van der Waals surface area contributed by atoms with Crippen LogP contribution in [0.2, 0.25) is 0 Å². The number of aromatic nitrogens is 2. The molecule has 0 bridgehead atoms. The molecule has 1 unspecified atom stereocenters. The van der Waals surface area contributed by atoms with Crippen molar-refractivity contribution in [3.05, 3.63) is 24.5 Å². The van der Waals surface area contributed by atoms with Gasteiger partial charge in [-0.3, -0.25) is 4.79 Å². The molecule has 0 saturated carbocycles. The highest BCUT2D eigenvalue weighted by Crippen LogP contribution is 2.24. The van der Waals surface area contributed by atoms with Gasteiger partial charge in [0.2, 0.25) is 5.91 Å². The molecule has 1 heterocycles. The number of nitrogen functional groups attached to an aromatic ring is 1. The van der Waals surface area contributed by atoms with Gasteiger partial charge in [0.05, 0.1) is 5.52 Å². The van der Waals surface area contributed by atoms with E-state index in [2.05, 4.69) is 20.6 Å². The summed E-state index contributed by atoms with van der Waals surface area (Å²) in [6.45, 7) is 5.33. The zero-order valence-corrected chi connectivity index (χ0v) is 13.1. The Morgan fingerprint density at radius 3 is 2.57 bits per heavy atom. The Morgan fingerprint density at radius 1 is 1.26 bits per heavy atom. The number of nitrogens with zero attached hydrogens (tertiary/aromatic N) is 2. The number of carbonyl (C=O) groups excluding carboxylic acids is 1. The summed E-state index contributed by atoms with van der Waals surface area (Å²) in [5.74, 6) is -0.142. The molecule has 1 aromatic heterocycles. The first kappa shape index (κ1) is 16.5. The third-order valence-corrected chi connectivity index (χ3v) is 3.33. The third kappa shape index (κ3) is 3.85. The van der Waals surface area contributed by atoms with E-state index in [0.29, 0.717) is 22.4 Å². The van der Waals surface area contributed by atoms with Gasteiger partial charge in [-0.1, -0.05) is 20.8 Å². The highest BCUT2D eigenvalue weighted by Gasteiger charge is 2.32. The Labute approximate surface area is 133 Å². The quantitative estimate of drug-likeness (QED) is 0.683. The summed E-state index contributed by atoms with van der Waals surface area (Å²) >= 11 is 0. The van der Waals surface area contributed by atoms with Crippen LogP contribution in [0.1, 0.15) is 20.8 Å². The van der Waals surface area contributed by atoms with Gasteiger partial charge in [0, 0.05) is 11.1 Å². The average Bonchev–Trinajstić information content (AvgIpc) is 2.44. The highest BCUT2D eigenvalue weighted by molar-refractivity contribution is 5.99. The number of carboxylic acid groups (broad SMARTS) is 1. The van der Waals surface area contributed by atoms with Crippen molar-refractivity contribution in [2.45, 2.75) is 26.8 Å². The predicted octanol–water partition coefficient (Wildman–Crippen LogP) is 1.83. The van der Waals surface area contributed by atoms with E-state index < -0.39 is 23.5 Å². The Hall–Kier alpha value is -2.90. The number of hydrogen-bond acceptors (Lipinski definition) is 5. The van der Waals surface area contributed by atoms with Crippen molar-refractivity contribution in [3.8, 4) is 0 Å². The van der Waals surface area contributed by atoms with E-state index in [9.17, 15) is 9.59 Å². The number of benzene rings is 1. The number of carbonyl (C=O) groups is 2. The fourth-order valence-electron chi connectivity index (χ4n) is 2.17. The van der Waals surface area contributed by atoms with Crippen molar-refractivity contribution in [3.63, 3.8) is 0 Å². The fraction of sp³-hybridized carbons (Fsp3) is 0.333. The molecule has 8 heteroatoms. The first-order chi connectivity index (χ1) is 10.7. The van der Waals surface area contributed by atoms with Crippen LogP contribution in [0.15, 0.2) is 24.5 Å². The molecule has 5 N–H and O–H groups in total. The zero-order valence-electron chi connectivity index (χ0n) is 13.1. The molecular weight excluding hydrogens is 298 g/mol. The summed E-state index contributed by atoms with van der Waals surface area (Å²) in [4.78, 5) is 31.3. The SMILES string of the molecule is CC(C)(C)C(NC(=O)O)C(=O)Nc1ccc2ncnc(N)c2c1. The molecule has 122 valence electrons. The maximum atomic E-state index is 12.4. The number of rotatable bonds is 3. The maximum absolute atomic E-state index is 12.4. The maximum Gasteiger partial charge on any atom is 0.405 e. The van der Waals surface area contributed by atoms with Crippen LogP contribution in [0.5, 0.6) is 0 Å². The van der Waals surface area contributed by atoms with Gasteiger partial charge in [0.1, 0.15) is 18.2 Å². The topological polar surface area (TPSA) is 130 Å². The van der Waals surface area contributed by atoms with E-state index >= 15 is 0 Å². The summed E-state index contributed by atoms with van der Waals surface area (Å²) in [6.07, 6.45) is 0.110. The van der Waals surface area contributed by atoms with Crippen LogP contribution >= 0.6 is 0 Å². The molecule has 8 nitrogen and oxygen atoms in total. The van der Waals surface area contributed by atoms with Crippen molar-refractivity contribution in [1.29, 1.82) is 0 Å². The Kier molecular flexibility index (Phi) is 4.35. The lowest BCUT2D eigenvalue weighted by Gasteiger charge is -2.29. The van der Waals surface area contributed by atoms with Gasteiger partial charge < -0.3 is 21.5 Å². The molecule has 2 rings (SSSR count). The molecule has 0 aliphatic heterocycles. The molecule has 2 amide bonds. The first-order valence-corrected chi connectivity index (χ1v) is 6.99. The van der Waals surface area contributed by atoms with Gasteiger partial charge in [-0.2, -0.15) is 0 Å².